The van der Waals surface area contributed by atoms with Crippen LogP contribution in [-0.2, 0) is 24.2 Å². The molecule has 1 amide bonds. The van der Waals surface area contributed by atoms with Gasteiger partial charge in [0.25, 0.3) is 5.91 Å². The van der Waals surface area contributed by atoms with Crippen LogP contribution in [0.1, 0.15) is 72.3 Å². The second-order valence-corrected chi connectivity index (χ2v) is 9.24. The van der Waals surface area contributed by atoms with Crippen molar-refractivity contribution in [2.45, 2.75) is 59.1 Å². The molecular formula is C30H35NO4. The van der Waals surface area contributed by atoms with Crippen LogP contribution in [0.15, 0.2) is 72.8 Å². The monoisotopic (exact) mass is 473 g/mol. The van der Waals surface area contributed by atoms with E-state index in [-0.39, 0.29) is 24.8 Å². The van der Waals surface area contributed by atoms with Crippen molar-refractivity contribution in [1.82, 2.24) is 5.32 Å². The molecule has 0 fully saturated rings. The summed E-state index contributed by atoms with van der Waals surface area (Å²) in [6.45, 7) is 6.71. The predicted octanol–water partition coefficient (Wildman–Crippen LogP) is 6.36. The Morgan fingerprint density at radius 2 is 1.63 bits per heavy atom. The van der Waals surface area contributed by atoms with Crippen molar-refractivity contribution in [3.05, 3.63) is 101 Å². The number of carbonyl (C=O) groups is 2. The van der Waals surface area contributed by atoms with Crippen LogP contribution < -0.4 is 10.1 Å². The summed E-state index contributed by atoms with van der Waals surface area (Å²) in [5, 5.41) is 12.4. The summed E-state index contributed by atoms with van der Waals surface area (Å²) in [6.07, 6.45) is 2.02. The summed E-state index contributed by atoms with van der Waals surface area (Å²) >= 11 is 0. The van der Waals surface area contributed by atoms with Gasteiger partial charge in [-0.2, -0.15) is 0 Å². The summed E-state index contributed by atoms with van der Waals surface area (Å²) in [5.74, 6) is 0.0583. The van der Waals surface area contributed by atoms with Gasteiger partial charge in [0.15, 0.2) is 0 Å². The van der Waals surface area contributed by atoms with Gasteiger partial charge < -0.3 is 15.2 Å². The van der Waals surface area contributed by atoms with Crippen molar-refractivity contribution in [3.8, 4) is 5.75 Å². The summed E-state index contributed by atoms with van der Waals surface area (Å²) in [6, 6.07) is 23.3. The van der Waals surface area contributed by atoms with E-state index < -0.39 is 5.97 Å². The maximum Gasteiger partial charge on any atom is 0.303 e. The first kappa shape index (κ1) is 26.0. The zero-order valence-electron chi connectivity index (χ0n) is 20.8. The molecule has 0 aromatic heterocycles. The molecule has 3 aromatic rings. The fourth-order valence-corrected chi connectivity index (χ4v) is 4.04. The highest BCUT2D eigenvalue weighted by Gasteiger charge is 2.20. The maximum atomic E-state index is 13.5. The zero-order valence-corrected chi connectivity index (χ0v) is 20.8. The van der Waals surface area contributed by atoms with E-state index in [0.29, 0.717) is 18.1 Å². The zero-order chi connectivity index (χ0) is 25.2. The quantitative estimate of drug-likeness (QED) is 0.321. The Morgan fingerprint density at radius 1 is 0.943 bits per heavy atom. The van der Waals surface area contributed by atoms with Crippen LogP contribution in [0, 0.1) is 5.92 Å². The Bertz CT molecular complexity index is 1110. The van der Waals surface area contributed by atoms with Gasteiger partial charge in [-0.25, -0.2) is 0 Å². The number of carbonyl (C=O) groups excluding carboxylic acids is 1. The summed E-state index contributed by atoms with van der Waals surface area (Å²) < 4.78 is 5.86. The number of para-hydroxylation sites is 1. The highest BCUT2D eigenvalue weighted by Crippen LogP contribution is 2.24. The van der Waals surface area contributed by atoms with Crippen molar-refractivity contribution in [2.75, 3.05) is 0 Å². The lowest BCUT2D eigenvalue weighted by Gasteiger charge is -2.22. The van der Waals surface area contributed by atoms with Gasteiger partial charge in [-0.3, -0.25) is 9.59 Å². The van der Waals surface area contributed by atoms with Crippen molar-refractivity contribution in [2.24, 2.45) is 5.92 Å². The first-order chi connectivity index (χ1) is 16.9. The van der Waals surface area contributed by atoms with Gasteiger partial charge in [0.05, 0.1) is 6.04 Å². The minimum atomic E-state index is -0.887. The highest BCUT2D eigenvalue weighted by molar-refractivity contribution is 5.96. The first-order valence-electron chi connectivity index (χ1n) is 12.3. The SMILES string of the molecule is CCc1ccc(C(CC(C)C)NC(=O)c2cc(COc3ccccc3)ccc2CCC(=O)O)cc1. The average Bonchev–Trinajstić information content (AvgIpc) is 2.86. The number of hydrogen-bond donors (Lipinski definition) is 2. The molecule has 0 heterocycles. The number of rotatable bonds is 12. The Labute approximate surface area is 208 Å². The number of nitrogens with one attached hydrogen (secondary N) is 1. The normalized spacial score (nSPS) is 11.8. The van der Waals surface area contributed by atoms with Crippen LogP contribution in [0.3, 0.4) is 0 Å². The van der Waals surface area contributed by atoms with Crippen molar-refractivity contribution in [3.63, 3.8) is 0 Å². The molecule has 0 spiro atoms. The Kier molecular flexibility index (Phi) is 9.47. The molecule has 5 heteroatoms. The lowest BCUT2D eigenvalue weighted by molar-refractivity contribution is -0.136. The van der Waals surface area contributed by atoms with Gasteiger partial charge in [0.1, 0.15) is 12.4 Å². The number of amides is 1. The number of carboxylic acid groups (broad SMARTS) is 1. The largest absolute Gasteiger partial charge is 0.489 e. The van der Waals surface area contributed by atoms with Gasteiger partial charge in [0.2, 0.25) is 0 Å². The summed E-state index contributed by atoms with van der Waals surface area (Å²) in [4.78, 5) is 24.7. The van der Waals surface area contributed by atoms with Crippen LogP contribution in [0.4, 0.5) is 0 Å². The molecular weight excluding hydrogens is 438 g/mol. The average molecular weight is 474 g/mol. The molecule has 0 aliphatic heterocycles. The lowest BCUT2D eigenvalue weighted by atomic mass is 9.94. The van der Waals surface area contributed by atoms with E-state index in [1.807, 2.05) is 48.5 Å². The second-order valence-electron chi connectivity index (χ2n) is 9.24. The van der Waals surface area contributed by atoms with Crippen molar-refractivity contribution < 1.29 is 19.4 Å². The smallest absolute Gasteiger partial charge is 0.303 e. The van der Waals surface area contributed by atoms with E-state index in [1.165, 1.54) is 5.56 Å². The number of aliphatic carboxylic acids is 1. The van der Waals surface area contributed by atoms with E-state index in [4.69, 9.17) is 4.74 Å². The van der Waals surface area contributed by atoms with E-state index in [2.05, 4.69) is 50.4 Å². The number of hydrogen-bond acceptors (Lipinski definition) is 3. The molecule has 0 aliphatic carbocycles. The van der Waals surface area contributed by atoms with Gasteiger partial charge in [-0.1, -0.05) is 75.4 Å². The molecule has 0 aliphatic rings. The predicted molar refractivity (Wildman–Crippen MR) is 139 cm³/mol. The molecule has 0 saturated heterocycles. The molecule has 1 atom stereocenters. The van der Waals surface area contributed by atoms with Gasteiger partial charge >= 0.3 is 5.97 Å². The van der Waals surface area contributed by atoms with Crippen LogP contribution >= 0.6 is 0 Å². The van der Waals surface area contributed by atoms with Gasteiger partial charge in [-0.05, 0) is 65.6 Å². The van der Waals surface area contributed by atoms with Gasteiger partial charge in [0, 0.05) is 12.0 Å². The molecule has 1 unspecified atom stereocenters. The Morgan fingerprint density at radius 3 is 2.26 bits per heavy atom. The highest BCUT2D eigenvalue weighted by atomic mass is 16.5. The molecule has 2 N–H and O–H groups in total. The fourth-order valence-electron chi connectivity index (χ4n) is 4.04. The third-order valence-corrected chi connectivity index (χ3v) is 5.98. The minimum absolute atomic E-state index is 0.0337. The third-order valence-electron chi connectivity index (χ3n) is 5.98. The molecule has 0 bridgehead atoms. The van der Waals surface area contributed by atoms with Crippen LogP contribution in [-0.4, -0.2) is 17.0 Å². The van der Waals surface area contributed by atoms with E-state index >= 15 is 0 Å². The van der Waals surface area contributed by atoms with Crippen molar-refractivity contribution in [1.29, 1.82) is 0 Å². The molecule has 0 radical (unpaired) electrons. The first-order valence-corrected chi connectivity index (χ1v) is 12.3. The van der Waals surface area contributed by atoms with E-state index in [9.17, 15) is 14.7 Å². The Hall–Kier alpha value is -3.60. The van der Waals surface area contributed by atoms with Gasteiger partial charge in [-0.15, -0.1) is 0 Å². The maximum absolute atomic E-state index is 13.5. The van der Waals surface area contributed by atoms with Crippen LogP contribution in [0.2, 0.25) is 0 Å². The summed E-state index contributed by atoms with van der Waals surface area (Å²) in [5.41, 5.74) is 4.40. The molecule has 5 nitrogen and oxygen atoms in total. The number of carboxylic acids is 1. The van der Waals surface area contributed by atoms with Crippen LogP contribution in [0.25, 0.3) is 0 Å². The second kappa shape index (κ2) is 12.7. The Balaban J connectivity index is 1.85. The van der Waals surface area contributed by atoms with E-state index in [1.54, 1.807) is 0 Å². The molecule has 3 aromatic carbocycles. The lowest BCUT2D eigenvalue weighted by Crippen LogP contribution is -2.30. The third kappa shape index (κ3) is 7.99. The molecule has 35 heavy (non-hydrogen) atoms. The van der Waals surface area contributed by atoms with Crippen LogP contribution in [0.5, 0.6) is 5.75 Å². The topological polar surface area (TPSA) is 75.6 Å². The number of ether oxygens (including phenoxy) is 1. The summed E-state index contributed by atoms with van der Waals surface area (Å²) in [7, 11) is 0. The molecule has 3 rings (SSSR count). The molecule has 0 saturated carbocycles. The standard InChI is InChI=1S/C30H35NO4/c1-4-22-10-14-25(15-11-22)28(18-21(2)3)31-30(34)27-19-23(12-13-24(27)16-17-29(32)33)20-35-26-8-6-5-7-9-26/h5-15,19,21,28H,4,16-18,20H2,1-3H3,(H,31,34)(H,32,33). The fraction of sp³-hybridized carbons (Fsp3) is 0.333. The molecule has 184 valence electrons. The van der Waals surface area contributed by atoms with Crippen molar-refractivity contribution >= 4 is 11.9 Å². The minimum Gasteiger partial charge on any atom is -0.489 e. The number of aryl methyl sites for hydroxylation is 2. The number of benzene rings is 3. The van der Waals surface area contributed by atoms with E-state index in [0.717, 1.165) is 35.3 Å².